The van der Waals surface area contributed by atoms with Gasteiger partial charge in [-0.2, -0.15) is 0 Å². The van der Waals surface area contributed by atoms with Crippen molar-refractivity contribution in [2.24, 2.45) is 0 Å². The van der Waals surface area contributed by atoms with Crippen molar-refractivity contribution in [1.29, 1.82) is 0 Å². The number of hydrogen-bond donors (Lipinski definition) is 0. The first-order chi connectivity index (χ1) is 27.5. The van der Waals surface area contributed by atoms with Gasteiger partial charge < -0.3 is 14.2 Å². The van der Waals surface area contributed by atoms with E-state index in [4.69, 9.17) is 14.2 Å². The van der Waals surface area contributed by atoms with Crippen LogP contribution in [0.15, 0.2) is 0 Å². The molecule has 0 aliphatic heterocycles. The van der Waals surface area contributed by atoms with Crippen LogP contribution in [-0.2, 0) is 28.6 Å². The highest BCUT2D eigenvalue weighted by atomic mass is 16.6. The molecule has 0 saturated carbocycles. The van der Waals surface area contributed by atoms with Crippen LogP contribution in [0.4, 0.5) is 0 Å². The van der Waals surface area contributed by atoms with E-state index in [0.29, 0.717) is 19.3 Å². The first-order valence-corrected chi connectivity index (χ1v) is 25.0. The summed E-state index contributed by atoms with van der Waals surface area (Å²) in [5.74, 6) is -0.878. The van der Waals surface area contributed by atoms with Crippen LogP contribution in [0.3, 0.4) is 0 Å². The number of unbranched alkanes of at least 4 members (excludes halogenated alkanes) is 35. The largest absolute Gasteiger partial charge is 0.462 e. The molecule has 0 aliphatic rings. The maximum absolute atomic E-state index is 12.5. The molecule has 56 heavy (non-hydrogen) atoms. The topological polar surface area (TPSA) is 78.9 Å². The average Bonchev–Trinajstić information content (AvgIpc) is 3.19. The second-order valence-electron chi connectivity index (χ2n) is 17.1. The van der Waals surface area contributed by atoms with Gasteiger partial charge in [-0.05, 0) is 19.3 Å². The van der Waals surface area contributed by atoms with Crippen molar-refractivity contribution in [3.8, 4) is 0 Å². The van der Waals surface area contributed by atoms with Crippen LogP contribution >= 0.6 is 0 Å². The van der Waals surface area contributed by atoms with Gasteiger partial charge in [0, 0.05) is 19.3 Å². The molecule has 0 spiro atoms. The molecule has 0 heterocycles. The summed E-state index contributed by atoms with van der Waals surface area (Å²) in [5, 5.41) is 0. The second kappa shape index (κ2) is 46.1. The van der Waals surface area contributed by atoms with Gasteiger partial charge in [-0.25, -0.2) is 0 Å². The number of ether oxygens (including phenoxy) is 3. The van der Waals surface area contributed by atoms with E-state index in [1.165, 1.54) is 180 Å². The van der Waals surface area contributed by atoms with Crippen molar-refractivity contribution in [2.75, 3.05) is 13.2 Å². The van der Waals surface area contributed by atoms with Gasteiger partial charge >= 0.3 is 17.9 Å². The lowest BCUT2D eigenvalue weighted by molar-refractivity contribution is -0.167. The van der Waals surface area contributed by atoms with E-state index < -0.39 is 6.10 Å². The molecule has 0 saturated heterocycles. The summed E-state index contributed by atoms with van der Waals surface area (Å²) in [6.07, 6.45) is 48.9. The Hall–Kier alpha value is -1.59. The summed E-state index contributed by atoms with van der Waals surface area (Å²) in [6.45, 7) is 6.52. The average molecular weight is 793 g/mol. The lowest BCUT2D eigenvalue weighted by Gasteiger charge is -2.18. The lowest BCUT2D eigenvalue weighted by atomic mass is 10.0. The van der Waals surface area contributed by atoms with Gasteiger partial charge in [-0.1, -0.05) is 245 Å². The smallest absolute Gasteiger partial charge is 0.306 e. The van der Waals surface area contributed by atoms with Crippen LogP contribution < -0.4 is 0 Å². The fourth-order valence-corrected chi connectivity index (χ4v) is 7.56. The highest BCUT2D eigenvalue weighted by molar-refractivity contribution is 5.71. The molecule has 0 aromatic rings. The predicted molar refractivity (Wildman–Crippen MR) is 238 cm³/mol. The molecule has 332 valence electrons. The normalized spacial score (nSPS) is 11.8. The molecule has 0 rings (SSSR count). The van der Waals surface area contributed by atoms with Crippen LogP contribution in [0, 0.1) is 0 Å². The molecular formula is C50H96O6. The number of carbonyl (C=O) groups excluding carboxylic acids is 3. The Morgan fingerprint density at radius 3 is 0.714 bits per heavy atom. The van der Waals surface area contributed by atoms with Crippen LogP contribution in [0.5, 0.6) is 0 Å². The minimum absolute atomic E-state index is 0.0651. The molecular weight excluding hydrogens is 697 g/mol. The lowest BCUT2D eigenvalue weighted by Crippen LogP contribution is -2.30. The number of rotatable bonds is 46. The van der Waals surface area contributed by atoms with E-state index in [2.05, 4.69) is 20.8 Å². The molecule has 1 atom stereocenters. The quantitative estimate of drug-likeness (QED) is 0.0347. The van der Waals surface area contributed by atoms with Crippen LogP contribution in [-0.4, -0.2) is 37.2 Å². The van der Waals surface area contributed by atoms with Crippen molar-refractivity contribution in [3.05, 3.63) is 0 Å². The van der Waals surface area contributed by atoms with E-state index in [-0.39, 0.29) is 31.1 Å². The molecule has 0 radical (unpaired) electrons. The Balaban J connectivity index is 3.79. The fraction of sp³-hybridized carbons (Fsp3) is 0.940. The summed E-state index contributed by atoms with van der Waals surface area (Å²) in [4.78, 5) is 37.2. The molecule has 6 nitrogen and oxygen atoms in total. The van der Waals surface area contributed by atoms with Gasteiger partial charge in [0.25, 0.3) is 0 Å². The standard InChI is InChI=1S/C50H96O6/c1-4-7-10-13-15-16-17-18-19-20-21-22-23-24-25-26-27-28-29-30-31-32-33-34-35-38-40-43-49(52)55-46-47(45-54-48(51)42-39-36-12-9-6-3)56-50(53)44-41-37-14-11-8-5-2/h47H,4-46H2,1-3H3. The Kier molecular flexibility index (Phi) is 44.8. The Bertz CT molecular complexity index is 828. The van der Waals surface area contributed by atoms with Crippen LogP contribution in [0.25, 0.3) is 0 Å². The van der Waals surface area contributed by atoms with E-state index in [1.54, 1.807) is 0 Å². The third-order valence-corrected chi connectivity index (χ3v) is 11.4. The summed E-state index contributed by atoms with van der Waals surface area (Å²) in [7, 11) is 0. The van der Waals surface area contributed by atoms with Crippen molar-refractivity contribution >= 4 is 17.9 Å². The van der Waals surface area contributed by atoms with E-state index in [0.717, 1.165) is 64.2 Å². The maximum atomic E-state index is 12.5. The Labute approximate surface area is 348 Å². The van der Waals surface area contributed by atoms with Crippen LogP contribution in [0.1, 0.15) is 284 Å². The van der Waals surface area contributed by atoms with E-state index in [9.17, 15) is 14.4 Å². The zero-order valence-corrected chi connectivity index (χ0v) is 37.9. The van der Waals surface area contributed by atoms with Crippen LogP contribution in [0.2, 0.25) is 0 Å². The second-order valence-corrected chi connectivity index (χ2v) is 17.1. The first kappa shape index (κ1) is 54.4. The predicted octanol–water partition coefficient (Wildman–Crippen LogP) is 16.0. The fourth-order valence-electron chi connectivity index (χ4n) is 7.56. The Morgan fingerprint density at radius 1 is 0.286 bits per heavy atom. The molecule has 0 amide bonds. The number of carbonyl (C=O) groups is 3. The minimum atomic E-state index is -0.755. The number of esters is 3. The molecule has 0 bridgehead atoms. The monoisotopic (exact) mass is 793 g/mol. The SMILES string of the molecule is CCCCCCCCCCCCCCCCCCCCCCCCCCCCCC(=O)OCC(COC(=O)CCCCCCC)OC(=O)CCCCCCCC. The van der Waals surface area contributed by atoms with Crippen molar-refractivity contribution < 1.29 is 28.6 Å². The van der Waals surface area contributed by atoms with E-state index >= 15 is 0 Å². The summed E-state index contributed by atoms with van der Waals surface area (Å²) >= 11 is 0. The molecule has 0 N–H and O–H groups in total. The summed E-state index contributed by atoms with van der Waals surface area (Å²) < 4.78 is 16.5. The maximum Gasteiger partial charge on any atom is 0.306 e. The molecule has 0 aliphatic carbocycles. The van der Waals surface area contributed by atoms with Gasteiger partial charge in [0.1, 0.15) is 13.2 Å². The van der Waals surface area contributed by atoms with Gasteiger partial charge in [-0.15, -0.1) is 0 Å². The van der Waals surface area contributed by atoms with Crippen molar-refractivity contribution in [1.82, 2.24) is 0 Å². The first-order valence-electron chi connectivity index (χ1n) is 25.0. The highest BCUT2D eigenvalue weighted by Gasteiger charge is 2.19. The molecule has 0 fully saturated rings. The third kappa shape index (κ3) is 43.5. The number of hydrogen-bond acceptors (Lipinski definition) is 6. The third-order valence-electron chi connectivity index (χ3n) is 11.4. The molecule has 0 aromatic heterocycles. The molecule has 1 unspecified atom stereocenters. The zero-order valence-electron chi connectivity index (χ0n) is 37.9. The van der Waals surface area contributed by atoms with Crippen molar-refractivity contribution in [2.45, 2.75) is 290 Å². The van der Waals surface area contributed by atoms with Gasteiger partial charge in [0.15, 0.2) is 6.10 Å². The summed E-state index contributed by atoms with van der Waals surface area (Å²) in [6, 6.07) is 0. The van der Waals surface area contributed by atoms with Gasteiger partial charge in [0.05, 0.1) is 0 Å². The summed E-state index contributed by atoms with van der Waals surface area (Å²) in [5.41, 5.74) is 0. The van der Waals surface area contributed by atoms with E-state index in [1.807, 2.05) is 0 Å². The Morgan fingerprint density at radius 2 is 0.482 bits per heavy atom. The van der Waals surface area contributed by atoms with Crippen molar-refractivity contribution in [3.63, 3.8) is 0 Å². The molecule has 6 heteroatoms. The molecule has 0 aromatic carbocycles. The minimum Gasteiger partial charge on any atom is -0.462 e. The zero-order chi connectivity index (χ0) is 40.8. The highest BCUT2D eigenvalue weighted by Crippen LogP contribution is 2.17. The van der Waals surface area contributed by atoms with Gasteiger partial charge in [0.2, 0.25) is 0 Å². The van der Waals surface area contributed by atoms with Gasteiger partial charge in [-0.3, -0.25) is 14.4 Å².